The SMILES string of the molecule is N#CC(NCc1ccccn1)c1cccc(O)c1. The maximum atomic E-state index is 9.39. The van der Waals surface area contributed by atoms with Crippen LogP contribution in [0.25, 0.3) is 0 Å². The normalized spacial score (nSPS) is 11.7. The Morgan fingerprint density at radius 2 is 2.17 bits per heavy atom. The number of benzene rings is 1. The Kier molecular flexibility index (Phi) is 3.90. The van der Waals surface area contributed by atoms with Gasteiger partial charge in [-0.3, -0.25) is 10.3 Å². The molecule has 4 heteroatoms. The summed E-state index contributed by atoms with van der Waals surface area (Å²) in [6.45, 7) is 0.509. The van der Waals surface area contributed by atoms with Crippen molar-refractivity contribution in [3.8, 4) is 11.8 Å². The number of aromatic hydroxyl groups is 1. The van der Waals surface area contributed by atoms with Gasteiger partial charge in [0.15, 0.2) is 0 Å². The van der Waals surface area contributed by atoms with Crippen LogP contribution in [0, 0.1) is 11.3 Å². The van der Waals surface area contributed by atoms with Crippen molar-refractivity contribution in [2.75, 3.05) is 0 Å². The molecule has 2 N–H and O–H groups in total. The Labute approximate surface area is 106 Å². The molecule has 90 valence electrons. The molecule has 0 bridgehead atoms. The molecule has 1 aromatic heterocycles. The van der Waals surface area contributed by atoms with E-state index in [1.54, 1.807) is 30.5 Å². The molecule has 0 aliphatic rings. The fourth-order valence-electron chi connectivity index (χ4n) is 1.65. The van der Waals surface area contributed by atoms with Crippen LogP contribution in [0.3, 0.4) is 0 Å². The second-order valence-electron chi connectivity index (χ2n) is 3.86. The Bertz CT molecular complexity index is 548. The topological polar surface area (TPSA) is 68.9 Å². The van der Waals surface area contributed by atoms with E-state index in [-0.39, 0.29) is 5.75 Å². The first-order valence-electron chi connectivity index (χ1n) is 5.61. The molecule has 0 aliphatic carbocycles. The Morgan fingerprint density at radius 3 is 2.83 bits per heavy atom. The van der Waals surface area contributed by atoms with Gasteiger partial charge < -0.3 is 5.11 Å². The number of phenols is 1. The largest absolute Gasteiger partial charge is 0.508 e. The number of phenolic OH excluding ortho intramolecular Hbond substituents is 1. The molecule has 0 radical (unpaired) electrons. The predicted octanol–water partition coefficient (Wildman–Crippen LogP) is 2.14. The van der Waals surface area contributed by atoms with E-state index >= 15 is 0 Å². The Hall–Kier alpha value is -2.38. The zero-order chi connectivity index (χ0) is 12.8. The van der Waals surface area contributed by atoms with E-state index in [0.717, 1.165) is 11.3 Å². The minimum absolute atomic E-state index is 0.160. The number of hydrogen-bond acceptors (Lipinski definition) is 4. The zero-order valence-electron chi connectivity index (χ0n) is 9.74. The van der Waals surface area contributed by atoms with Crippen molar-refractivity contribution >= 4 is 0 Å². The molecule has 0 fully saturated rings. The summed E-state index contributed by atoms with van der Waals surface area (Å²) in [5.41, 5.74) is 1.62. The molecule has 4 nitrogen and oxygen atoms in total. The highest BCUT2D eigenvalue weighted by molar-refractivity contribution is 5.32. The minimum Gasteiger partial charge on any atom is -0.508 e. The summed E-state index contributed by atoms with van der Waals surface area (Å²) in [4.78, 5) is 4.17. The van der Waals surface area contributed by atoms with Gasteiger partial charge in [0, 0.05) is 12.7 Å². The molecular formula is C14H13N3O. The second-order valence-corrected chi connectivity index (χ2v) is 3.86. The molecule has 1 aromatic carbocycles. The van der Waals surface area contributed by atoms with E-state index in [1.807, 2.05) is 18.2 Å². The fraction of sp³-hybridized carbons (Fsp3) is 0.143. The smallest absolute Gasteiger partial charge is 0.121 e. The fourth-order valence-corrected chi connectivity index (χ4v) is 1.65. The van der Waals surface area contributed by atoms with Gasteiger partial charge in [-0.25, -0.2) is 0 Å². The van der Waals surface area contributed by atoms with E-state index in [2.05, 4.69) is 16.4 Å². The molecule has 2 rings (SSSR count). The summed E-state index contributed by atoms with van der Waals surface area (Å²) in [5, 5.41) is 21.6. The van der Waals surface area contributed by atoms with Crippen LogP contribution in [-0.2, 0) is 6.54 Å². The van der Waals surface area contributed by atoms with Crippen molar-refractivity contribution in [2.45, 2.75) is 12.6 Å². The van der Waals surface area contributed by atoms with Crippen LogP contribution in [0.5, 0.6) is 5.75 Å². The summed E-state index contributed by atoms with van der Waals surface area (Å²) in [6.07, 6.45) is 1.72. The average molecular weight is 239 g/mol. The predicted molar refractivity (Wildman–Crippen MR) is 67.5 cm³/mol. The molecule has 0 aliphatic heterocycles. The number of nitrogens with zero attached hydrogens (tertiary/aromatic N) is 2. The van der Waals surface area contributed by atoms with Crippen LogP contribution in [-0.4, -0.2) is 10.1 Å². The number of aromatic nitrogens is 1. The first-order valence-corrected chi connectivity index (χ1v) is 5.61. The van der Waals surface area contributed by atoms with Crippen molar-refractivity contribution in [1.82, 2.24) is 10.3 Å². The lowest BCUT2D eigenvalue weighted by molar-refractivity contribution is 0.473. The lowest BCUT2D eigenvalue weighted by atomic mass is 10.1. The number of rotatable bonds is 4. The van der Waals surface area contributed by atoms with Crippen molar-refractivity contribution < 1.29 is 5.11 Å². The van der Waals surface area contributed by atoms with E-state index < -0.39 is 6.04 Å². The Morgan fingerprint density at radius 1 is 1.28 bits per heavy atom. The third-order valence-corrected chi connectivity index (χ3v) is 2.55. The summed E-state index contributed by atoms with van der Waals surface area (Å²) < 4.78 is 0. The van der Waals surface area contributed by atoms with Gasteiger partial charge in [-0.2, -0.15) is 5.26 Å². The third kappa shape index (κ3) is 3.06. The average Bonchev–Trinajstić information content (AvgIpc) is 2.41. The molecule has 1 atom stereocenters. The maximum absolute atomic E-state index is 9.39. The first kappa shape index (κ1) is 12.1. The van der Waals surface area contributed by atoms with Crippen molar-refractivity contribution in [3.05, 3.63) is 59.9 Å². The molecular weight excluding hydrogens is 226 g/mol. The first-order chi connectivity index (χ1) is 8.79. The maximum Gasteiger partial charge on any atom is 0.121 e. The van der Waals surface area contributed by atoms with Crippen molar-refractivity contribution in [1.29, 1.82) is 5.26 Å². The van der Waals surface area contributed by atoms with Gasteiger partial charge in [-0.05, 0) is 29.8 Å². The molecule has 18 heavy (non-hydrogen) atoms. The molecule has 0 amide bonds. The summed E-state index contributed by atoms with van der Waals surface area (Å²) in [5.74, 6) is 0.160. The van der Waals surface area contributed by atoms with Crippen LogP contribution >= 0.6 is 0 Å². The van der Waals surface area contributed by atoms with Gasteiger partial charge in [0.05, 0.1) is 11.8 Å². The summed E-state index contributed by atoms with van der Waals surface area (Å²) in [6, 6.07) is 14.0. The van der Waals surface area contributed by atoms with E-state index in [0.29, 0.717) is 6.54 Å². The Balaban J connectivity index is 2.05. The summed E-state index contributed by atoms with van der Waals surface area (Å²) >= 11 is 0. The molecule has 1 unspecified atom stereocenters. The molecule has 0 spiro atoms. The van der Waals surface area contributed by atoms with Crippen LogP contribution < -0.4 is 5.32 Å². The van der Waals surface area contributed by atoms with Gasteiger partial charge in [0.2, 0.25) is 0 Å². The van der Waals surface area contributed by atoms with Gasteiger partial charge in [0.1, 0.15) is 11.8 Å². The standard InChI is InChI=1S/C14H13N3O/c15-9-14(11-4-3-6-13(18)8-11)17-10-12-5-1-2-7-16-12/h1-8,14,17-18H,10H2. The van der Waals surface area contributed by atoms with E-state index in [1.165, 1.54) is 0 Å². The van der Waals surface area contributed by atoms with Gasteiger partial charge in [-0.15, -0.1) is 0 Å². The van der Waals surface area contributed by atoms with Crippen LogP contribution in [0.2, 0.25) is 0 Å². The van der Waals surface area contributed by atoms with Crippen LogP contribution in [0.1, 0.15) is 17.3 Å². The third-order valence-electron chi connectivity index (χ3n) is 2.55. The quantitative estimate of drug-likeness (QED) is 0.857. The van der Waals surface area contributed by atoms with E-state index in [9.17, 15) is 5.11 Å². The summed E-state index contributed by atoms with van der Waals surface area (Å²) in [7, 11) is 0. The molecule has 0 saturated heterocycles. The van der Waals surface area contributed by atoms with Gasteiger partial charge in [0.25, 0.3) is 0 Å². The monoisotopic (exact) mass is 239 g/mol. The zero-order valence-corrected chi connectivity index (χ0v) is 9.74. The van der Waals surface area contributed by atoms with Crippen LogP contribution in [0.15, 0.2) is 48.7 Å². The second kappa shape index (κ2) is 5.80. The molecule has 0 saturated carbocycles. The lowest BCUT2D eigenvalue weighted by Crippen LogP contribution is -2.19. The number of nitriles is 1. The lowest BCUT2D eigenvalue weighted by Gasteiger charge is -2.11. The van der Waals surface area contributed by atoms with Crippen LogP contribution in [0.4, 0.5) is 0 Å². The number of pyridine rings is 1. The van der Waals surface area contributed by atoms with Crippen molar-refractivity contribution in [2.24, 2.45) is 0 Å². The highest BCUT2D eigenvalue weighted by atomic mass is 16.3. The number of hydrogen-bond donors (Lipinski definition) is 2. The highest BCUT2D eigenvalue weighted by Gasteiger charge is 2.10. The molecule has 1 heterocycles. The highest BCUT2D eigenvalue weighted by Crippen LogP contribution is 2.17. The minimum atomic E-state index is -0.459. The van der Waals surface area contributed by atoms with Crippen molar-refractivity contribution in [3.63, 3.8) is 0 Å². The number of nitrogens with one attached hydrogen (secondary N) is 1. The molecule has 2 aromatic rings. The van der Waals surface area contributed by atoms with Gasteiger partial charge >= 0.3 is 0 Å². The van der Waals surface area contributed by atoms with Gasteiger partial charge in [-0.1, -0.05) is 18.2 Å². The van der Waals surface area contributed by atoms with E-state index in [4.69, 9.17) is 5.26 Å².